The summed E-state index contributed by atoms with van der Waals surface area (Å²) in [5.41, 5.74) is 2.10. The quantitative estimate of drug-likeness (QED) is 0.426. The molecule has 2 aromatic carbocycles. The number of aromatic nitrogens is 2. The van der Waals surface area contributed by atoms with Crippen molar-refractivity contribution in [2.24, 2.45) is 0 Å². The Kier molecular flexibility index (Phi) is 8.63. The first-order valence-corrected chi connectivity index (χ1v) is 13.2. The van der Waals surface area contributed by atoms with Gasteiger partial charge in [0.05, 0.1) is 31.4 Å². The maximum absolute atomic E-state index is 13.2. The molecule has 0 bridgehead atoms. The molecular weight excluding hydrogens is 516 g/mol. The molecule has 2 N–H and O–H groups in total. The molecule has 0 unspecified atom stereocenters. The summed E-state index contributed by atoms with van der Waals surface area (Å²) in [6.07, 6.45) is -1.22. The minimum absolute atomic E-state index is 0.0928. The number of benzene rings is 2. The standard InChI is InChI=1S/C29H36N4O7/c1-7-38-25-14-19(27-32-31-17(2)39-27)9-11-22(25)26(35)30-15-24(34)23-13-18-8-10-21(37-6)12-20(18)16-33(23)28(36)40-29(3,4)5/h8-12,14,23-24,34H,7,13,15-16H2,1-6H3,(H,30,35)/t23-,24+/m0/s1. The number of hydrogen-bond acceptors (Lipinski definition) is 9. The Balaban J connectivity index is 1.52. The van der Waals surface area contributed by atoms with Crippen molar-refractivity contribution >= 4 is 12.0 Å². The summed E-state index contributed by atoms with van der Waals surface area (Å²) in [5.74, 6) is 1.34. The van der Waals surface area contributed by atoms with E-state index in [4.69, 9.17) is 18.6 Å². The van der Waals surface area contributed by atoms with E-state index in [1.165, 1.54) is 4.90 Å². The number of fused-ring (bicyclic) bond motifs is 1. The summed E-state index contributed by atoms with van der Waals surface area (Å²) in [4.78, 5) is 27.8. The average molecular weight is 553 g/mol. The molecule has 0 aliphatic carbocycles. The highest BCUT2D eigenvalue weighted by molar-refractivity contribution is 5.97. The highest BCUT2D eigenvalue weighted by Gasteiger charge is 2.37. The molecule has 0 fully saturated rings. The second-order valence-corrected chi connectivity index (χ2v) is 10.6. The Morgan fingerprint density at radius 3 is 2.60 bits per heavy atom. The third-order valence-electron chi connectivity index (χ3n) is 6.43. The Morgan fingerprint density at radius 2 is 1.95 bits per heavy atom. The van der Waals surface area contributed by atoms with E-state index in [1.807, 2.05) is 25.1 Å². The maximum atomic E-state index is 13.2. The van der Waals surface area contributed by atoms with E-state index in [-0.39, 0.29) is 13.1 Å². The number of nitrogens with one attached hydrogen (secondary N) is 1. The number of hydrogen-bond donors (Lipinski definition) is 2. The van der Waals surface area contributed by atoms with Crippen LogP contribution in [0, 0.1) is 6.92 Å². The summed E-state index contributed by atoms with van der Waals surface area (Å²) < 4.78 is 22.2. The zero-order valence-electron chi connectivity index (χ0n) is 23.7. The lowest BCUT2D eigenvalue weighted by atomic mass is 9.91. The highest BCUT2D eigenvalue weighted by atomic mass is 16.6. The minimum atomic E-state index is -1.07. The number of aliphatic hydroxyl groups excluding tert-OH is 1. The molecule has 40 heavy (non-hydrogen) atoms. The van der Waals surface area contributed by atoms with Gasteiger partial charge in [0, 0.05) is 25.6 Å². The van der Waals surface area contributed by atoms with Crippen molar-refractivity contribution in [1.82, 2.24) is 20.4 Å². The zero-order valence-corrected chi connectivity index (χ0v) is 23.7. The van der Waals surface area contributed by atoms with Crippen LogP contribution in [-0.4, -0.2) is 70.2 Å². The zero-order chi connectivity index (χ0) is 29.0. The third kappa shape index (κ3) is 6.71. The van der Waals surface area contributed by atoms with Crippen molar-refractivity contribution in [2.45, 2.75) is 65.3 Å². The largest absolute Gasteiger partial charge is 0.497 e. The summed E-state index contributed by atoms with van der Waals surface area (Å²) in [6, 6.07) is 10.0. The van der Waals surface area contributed by atoms with Crippen LogP contribution in [0.25, 0.3) is 11.5 Å². The second kappa shape index (κ2) is 12.0. The number of aryl methyl sites for hydroxylation is 1. The number of rotatable bonds is 8. The first-order valence-electron chi connectivity index (χ1n) is 13.2. The molecule has 0 radical (unpaired) electrons. The van der Waals surface area contributed by atoms with Gasteiger partial charge in [0.15, 0.2) is 0 Å². The summed E-state index contributed by atoms with van der Waals surface area (Å²) >= 11 is 0. The molecule has 214 valence electrons. The van der Waals surface area contributed by atoms with Gasteiger partial charge in [-0.1, -0.05) is 6.07 Å². The van der Waals surface area contributed by atoms with E-state index in [0.717, 1.165) is 11.1 Å². The van der Waals surface area contributed by atoms with Gasteiger partial charge >= 0.3 is 6.09 Å². The van der Waals surface area contributed by atoms with Gasteiger partial charge in [0.2, 0.25) is 11.8 Å². The summed E-state index contributed by atoms with van der Waals surface area (Å²) in [5, 5.41) is 21.9. The summed E-state index contributed by atoms with van der Waals surface area (Å²) in [6.45, 7) is 9.36. The molecule has 3 aromatic rings. The van der Waals surface area contributed by atoms with Crippen LogP contribution in [-0.2, 0) is 17.7 Å². The van der Waals surface area contributed by atoms with Gasteiger partial charge in [0.1, 0.15) is 17.1 Å². The number of ether oxygens (including phenoxy) is 3. The van der Waals surface area contributed by atoms with Crippen LogP contribution in [0.2, 0.25) is 0 Å². The number of carbonyl (C=O) groups is 2. The lowest BCUT2D eigenvalue weighted by Crippen LogP contribution is -2.54. The molecule has 0 saturated heterocycles. The number of nitrogens with zero attached hydrogens (tertiary/aromatic N) is 3. The van der Waals surface area contributed by atoms with Crippen molar-refractivity contribution in [3.63, 3.8) is 0 Å². The molecule has 0 saturated carbocycles. The lowest BCUT2D eigenvalue weighted by molar-refractivity contribution is -0.0113. The van der Waals surface area contributed by atoms with Crippen LogP contribution in [0.1, 0.15) is 55.1 Å². The minimum Gasteiger partial charge on any atom is -0.497 e. The first-order chi connectivity index (χ1) is 19.0. The molecule has 4 rings (SSSR count). The normalized spacial score (nSPS) is 15.7. The van der Waals surface area contributed by atoms with Gasteiger partial charge in [-0.15, -0.1) is 10.2 Å². The SMILES string of the molecule is CCOc1cc(-c2nnc(C)o2)ccc1C(=O)NC[C@@H](O)[C@@H]1Cc2ccc(OC)cc2CN1C(=O)OC(C)(C)C. The smallest absolute Gasteiger partial charge is 0.410 e. The van der Waals surface area contributed by atoms with Crippen LogP contribution in [0.4, 0.5) is 4.79 Å². The van der Waals surface area contributed by atoms with Crippen molar-refractivity contribution in [2.75, 3.05) is 20.3 Å². The Hall–Kier alpha value is -4.12. The molecule has 0 spiro atoms. The molecule has 2 atom stereocenters. The average Bonchev–Trinajstić information content (AvgIpc) is 3.35. The monoisotopic (exact) mass is 552 g/mol. The lowest BCUT2D eigenvalue weighted by Gasteiger charge is -2.40. The molecule has 2 amide bonds. The van der Waals surface area contributed by atoms with Crippen molar-refractivity contribution in [3.8, 4) is 23.0 Å². The molecule has 11 nitrogen and oxygen atoms in total. The van der Waals surface area contributed by atoms with Gasteiger partial charge in [-0.05, 0) is 75.6 Å². The number of carbonyl (C=O) groups excluding carboxylic acids is 2. The fraction of sp³-hybridized carbons (Fsp3) is 0.448. The van der Waals surface area contributed by atoms with Gasteiger partial charge < -0.3 is 29.1 Å². The molecule has 1 aromatic heterocycles. The number of aliphatic hydroxyl groups is 1. The topological polar surface area (TPSA) is 136 Å². The van der Waals surface area contributed by atoms with E-state index >= 15 is 0 Å². The predicted molar refractivity (Wildman–Crippen MR) is 146 cm³/mol. The highest BCUT2D eigenvalue weighted by Crippen LogP contribution is 2.30. The molecule has 2 heterocycles. The van der Waals surface area contributed by atoms with E-state index < -0.39 is 29.7 Å². The number of methoxy groups -OCH3 is 1. The van der Waals surface area contributed by atoms with Crippen LogP contribution in [0.15, 0.2) is 40.8 Å². The Labute approximate surface area is 233 Å². The Bertz CT molecular complexity index is 1360. The van der Waals surface area contributed by atoms with Crippen LogP contribution in [0.3, 0.4) is 0 Å². The van der Waals surface area contributed by atoms with E-state index in [9.17, 15) is 14.7 Å². The molecular formula is C29H36N4O7. The van der Waals surface area contributed by atoms with E-state index in [2.05, 4.69) is 15.5 Å². The third-order valence-corrected chi connectivity index (χ3v) is 6.43. The van der Waals surface area contributed by atoms with Gasteiger partial charge in [0.25, 0.3) is 5.91 Å². The maximum Gasteiger partial charge on any atom is 0.410 e. The second-order valence-electron chi connectivity index (χ2n) is 10.6. The Morgan fingerprint density at radius 1 is 1.18 bits per heavy atom. The molecule has 1 aliphatic heterocycles. The molecule has 1 aliphatic rings. The summed E-state index contributed by atoms with van der Waals surface area (Å²) in [7, 11) is 1.59. The van der Waals surface area contributed by atoms with Crippen molar-refractivity contribution in [3.05, 3.63) is 59.0 Å². The van der Waals surface area contributed by atoms with E-state index in [1.54, 1.807) is 53.0 Å². The van der Waals surface area contributed by atoms with Crippen LogP contribution in [0.5, 0.6) is 11.5 Å². The van der Waals surface area contributed by atoms with Gasteiger partial charge in [-0.3, -0.25) is 9.69 Å². The van der Waals surface area contributed by atoms with Crippen LogP contribution >= 0.6 is 0 Å². The fourth-order valence-electron chi connectivity index (χ4n) is 4.54. The van der Waals surface area contributed by atoms with Crippen molar-refractivity contribution < 1.29 is 33.3 Å². The van der Waals surface area contributed by atoms with Crippen LogP contribution < -0.4 is 14.8 Å². The van der Waals surface area contributed by atoms with Crippen molar-refractivity contribution in [1.29, 1.82) is 0 Å². The number of amides is 2. The first kappa shape index (κ1) is 28.9. The van der Waals surface area contributed by atoms with Gasteiger partial charge in [-0.25, -0.2) is 4.79 Å². The fourth-order valence-corrected chi connectivity index (χ4v) is 4.54. The molecule has 11 heteroatoms. The van der Waals surface area contributed by atoms with E-state index in [0.29, 0.717) is 47.4 Å². The van der Waals surface area contributed by atoms with Gasteiger partial charge in [-0.2, -0.15) is 0 Å². The predicted octanol–water partition coefficient (Wildman–Crippen LogP) is 3.91.